The van der Waals surface area contributed by atoms with E-state index in [0.29, 0.717) is 36.5 Å². The summed E-state index contributed by atoms with van der Waals surface area (Å²) in [5, 5.41) is 11.4. The van der Waals surface area contributed by atoms with Crippen LogP contribution in [0.3, 0.4) is 0 Å². The number of hydrogen-bond acceptors (Lipinski definition) is 3. The van der Waals surface area contributed by atoms with Crippen LogP contribution in [0.5, 0.6) is 0 Å². The van der Waals surface area contributed by atoms with E-state index in [-0.39, 0.29) is 6.09 Å². The normalized spacial score (nSPS) is 18.2. The molecule has 0 radical (unpaired) electrons. The Bertz CT molecular complexity index is 563. The lowest BCUT2D eigenvalue weighted by molar-refractivity contribution is -0.0355. The van der Waals surface area contributed by atoms with Crippen molar-refractivity contribution in [1.29, 1.82) is 0 Å². The molecular weight excluding hydrogens is 370 g/mol. The topological polar surface area (TPSA) is 49.8 Å². The zero-order valence-corrected chi connectivity index (χ0v) is 15.4. The lowest BCUT2D eigenvalue weighted by atomic mass is 9.84. The summed E-state index contributed by atoms with van der Waals surface area (Å²) in [5.74, 6) is 0. The number of piperidine rings is 1. The molecule has 2 rings (SSSR count). The number of nitrogens with zero attached hydrogens (tertiary/aromatic N) is 1. The Morgan fingerprint density at radius 3 is 2.45 bits per heavy atom. The second-order valence-corrected chi connectivity index (χ2v) is 7.95. The number of benzene rings is 1. The Balaban J connectivity index is 2.06. The molecule has 1 aromatic carbocycles. The molecule has 1 aromatic rings. The van der Waals surface area contributed by atoms with Crippen molar-refractivity contribution < 1.29 is 14.6 Å². The van der Waals surface area contributed by atoms with Gasteiger partial charge < -0.3 is 14.7 Å². The minimum atomic E-state index is -1.00. The molecule has 0 unspecified atom stereocenters. The summed E-state index contributed by atoms with van der Waals surface area (Å²) in [4.78, 5) is 13.7. The van der Waals surface area contributed by atoms with Gasteiger partial charge in [0.2, 0.25) is 0 Å². The second-order valence-electron chi connectivity index (χ2n) is 6.62. The maximum atomic E-state index is 12.1. The third-order valence-electron chi connectivity index (χ3n) is 3.67. The number of aliphatic hydroxyl groups is 1. The van der Waals surface area contributed by atoms with E-state index in [1.54, 1.807) is 11.0 Å². The molecule has 1 saturated heterocycles. The quantitative estimate of drug-likeness (QED) is 0.777. The molecule has 0 aromatic heterocycles. The van der Waals surface area contributed by atoms with Gasteiger partial charge in [-0.2, -0.15) is 0 Å². The fourth-order valence-corrected chi connectivity index (χ4v) is 3.37. The summed E-state index contributed by atoms with van der Waals surface area (Å²) in [6, 6.07) is 5.46. The molecule has 22 heavy (non-hydrogen) atoms. The molecule has 1 amide bonds. The average molecular weight is 391 g/mol. The van der Waals surface area contributed by atoms with Crippen LogP contribution in [0.2, 0.25) is 5.02 Å². The third-order valence-corrected chi connectivity index (χ3v) is 4.48. The van der Waals surface area contributed by atoms with E-state index in [9.17, 15) is 9.90 Å². The number of ether oxygens (including phenoxy) is 1. The molecule has 4 nitrogen and oxygen atoms in total. The average Bonchev–Trinajstić information content (AvgIpc) is 2.36. The van der Waals surface area contributed by atoms with E-state index < -0.39 is 11.2 Å². The Morgan fingerprint density at radius 1 is 1.36 bits per heavy atom. The van der Waals surface area contributed by atoms with Gasteiger partial charge in [0.15, 0.2) is 0 Å². The number of carbonyl (C=O) groups is 1. The monoisotopic (exact) mass is 389 g/mol. The van der Waals surface area contributed by atoms with Gasteiger partial charge in [-0.25, -0.2) is 4.79 Å². The van der Waals surface area contributed by atoms with Gasteiger partial charge in [0.05, 0.1) is 5.60 Å². The first kappa shape index (κ1) is 17.6. The molecule has 0 atom stereocenters. The van der Waals surface area contributed by atoms with Crippen LogP contribution in [0, 0.1) is 0 Å². The van der Waals surface area contributed by atoms with E-state index in [1.807, 2.05) is 32.9 Å². The predicted molar refractivity (Wildman–Crippen MR) is 90.1 cm³/mol. The summed E-state index contributed by atoms with van der Waals surface area (Å²) < 4.78 is 6.23. The third kappa shape index (κ3) is 4.15. The largest absolute Gasteiger partial charge is 0.444 e. The first-order valence-corrected chi connectivity index (χ1v) is 8.44. The van der Waals surface area contributed by atoms with E-state index in [1.165, 1.54) is 0 Å². The maximum Gasteiger partial charge on any atom is 0.410 e. The molecule has 1 aliphatic heterocycles. The molecule has 6 heteroatoms. The van der Waals surface area contributed by atoms with Crippen molar-refractivity contribution in [2.45, 2.75) is 44.8 Å². The zero-order valence-electron chi connectivity index (χ0n) is 13.0. The van der Waals surface area contributed by atoms with Gasteiger partial charge in [-0.1, -0.05) is 33.6 Å². The Kier molecular flexibility index (Phi) is 5.09. The number of carbonyl (C=O) groups excluding carboxylic acids is 1. The second kappa shape index (κ2) is 6.38. The van der Waals surface area contributed by atoms with Gasteiger partial charge >= 0.3 is 6.09 Å². The highest BCUT2D eigenvalue weighted by molar-refractivity contribution is 9.10. The van der Waals surface area contributed by atoms with Crippen molar-refractivity contribution in [2.24, 2.45) is 0 Å². The zero-order chi connectivity index (χ0) is 16.5. The van der Waals surface area contributed by atoms with Crippen LogP contribution in [-0.2, 0) is 10.3 Å². The maximum absolute atomic E-state index is 12.1. The SMILES string of the molecule is CC(C)(C)OC(=O)N1CCC(O)(c2ccc(Br)cc2Cl)CC1. The smallest absolute Gasteiger partial charge is 0.410 e. The number of hydrogen-bond donors (Lipinski definition) is 1. The van der Waals surface area contributed by atoms with Crippen LogP contribution in [-0.4, -0.2) is 34.8 Å². The molecular formula is C16H21BrClNO3. The predicted octanol–water partition coefficient (Wildman–Crippen LogP) is 4.32. The highest BCUT2D eigenvalue weighted by atomic mass is 79.9. The standard InChI is InChI=1S/C16H21BrClNO3/c1-15(2,3)22-14(20)19-8-6-16(21,7-9-19)12-5-4-11(17)10-13(12)18/h4-5,10,21H,6-9H2,1-3H3. The van der Waals surface area contributed by atoms with Crippen molar-refractivity contribution in [3.8, 4) is 0 Å². The lowest BCUT2D eigenvalue weighted by Crippen LogP contribution is -2.46. The van der Waals surface area contributed by atoms with Crippen LogP contribution in [0.15, 0.2) is 22.7 Å². The van der Waals surface area contributed by atoms with Crippen LogP contribution in [0.1, 0.15) is 39.2 Å². The Labute approximate surface area is 144 Å². The van der Waals surface area contributed by atoms with Crippen LogP contribution < -0.4 is 0 Å². The van der Waals surface area contributed by atoms with Gasteiger partial charge in [-0.15, -0.1) is 0 Å². The van der Waals surface area contributed by atoms with Gasteiger partial charge in [-0.3, -0.25) is 0 Å². The first-order valence-electron chi connectivity index (χ1n) is 7.27. The molecule has 1 heterocycles. The van der Waals surface area contributed by atoms with E-state index >= 15 is 0 Å². The highest BCUT2D eigenvalue weighted by Crippen LogP contribution is 2.38. The van der Waals surface area contributed by atoms with E-state index in [0.717, 1.165) is 4.47 Å². The lowest BCUT2D eigenvalue weighted by Gasteiger charge is -2.39. The minimum Gasteiger partial charge on any atom is -0.444 e. The molecule has 1 aliphatic rings. The van der Waals surface area contributed by atoms with Crippen molar-refractivity contribution in [1.82, 2.24) is 4.90 Å². The van der Waals surface area contributed by atoms with Crippen molar-refractivity contribution in [2.75, 3.05) is 13.1 Å². The molecule has 0 spiro atoms. The van der Waals surface area contributed by atoms with E-state index in [2.05, 4.69) is 15.9 Å². The fourth-order valence-electron chi connectivity index (χ4n) is 2.52. The number of likely N-dealkylation sites (tertiary alicyclic amines) is 1. The summed E-state index contributed by atoms with van der Waals surface area (Å²) in [7, 11) is 0. The Morgan fingerprint density at radius 2 is 1.95 bits per heavy atom. The molecule has 1 N–H and O–H groups in total. The Hall–Kier alpha value is -0.780. The van der Waals surface area contributed by atoms with Crippen LogP contribution in [0.25, 0.3) is 0 Å². The van der Waals surface area contributed by atoms with Crippen LogP contribution in [0.4, 0.5) is 4.79 Å². The summed E-state index contributed by atoms with van der Waals surface area (Å²) in [5.41, 5.74) is -0.808. The summed E-state index contributed by atoms with van der Waals surface area (Å²) in [6.45, 7) is 6.40. The minimum absolute atomic E-state index is 0.337. The van der Waals surface area contributed by atoms with E-state index in [4.69, 9.17) is 16.3 Å². The first-order chi connectivity index (χ1) is 10.1. The molecule has 122 valence electrons. The fraction of sp³-hybridized carbons (Fsp3) is 0.562. The molecule has 0 bridgehead atoms. The molecule has 0 saturated carbocycles. The van der Waals surface area contributed by atoms with Gasteiger partial charge in [-0.05, 0) is 45.7 Å². The van der Waals surface area contributed by atoms with Gasteiger partial charge in [0.1, 0.15) is 5.60 Å². The number of halogens is 2. The van der Waals surface area contributed by atoms with Crippen molar-refractivity contribution >= 4 is 33.6 Å². The van der Waals surface area contributed by atoms with Gasteiger partial charge in [0, 0.05) is 28.1 Å². The number of rotatable bonds is 1. The number of amides is 1. The summed E-state index contributed by atoms with van der Waals surface area (Å²) >= 11 is 9.60. The summed E-state index contributed by atoms with van der Waals surface area (Å²) in [6.07, 6.45) is 0.540. The molecule has 1 fully saturated rings. The van der Waals surface area contributed by atoms with Crippen molar-refractivity contribution in [3.05, 3.63) is 33.3 Å². The van der Waals surface area contributed by atoms with Gasteiger partial charge in [0.25, 0.3) is 0 Å². The van der Waals surface area contributed by atoms with Crippen molar-refractivity contribution in [3.63, 3.8) is 0 Å². The van der Waals surface area contributed by atoms with Crippen LogP contribution >= 0.6 is 27.5 Å². The highest BCUT2D eigenvalue weighted by Gasteiger charge is 2.37. The molecule has 0 aliphatic carbocycles.